The van der Waals surface area contributed by atoms with Crippen molar-refractivity contribution in [3.05, 3.63) is 53.7 Å². The average Bonchev–Trinajstić information content (AvgIpc) is 2.40. The van der Waals surface area contributed by atoms with Crippen LogP contribution in [0.1, 0.15) is 11.3 Å². The Labute approximate surface area is 106 Å². The van der Waals surface area contributed by atoms with Gasteiger partial charge in [-0.1, -0.05) is 30.3 Å². The number of hydrogen-bond acceptors (Lipinski definition) is 3. The molecule has 3 nitrogen and oxygen atoms in total. The maximum Gasteiger partial charge on any atom is 0.151 e. The van der Waals surface area contributed by atoms with Crippen LogP contribution in [0.25, 0.3) is 0 Å². The standard InChI is InChI=1S/C13H14ClN3/c1-17(10-11-5-3-2-4-6-11)13-8-7-12(9-14)15-16-13/h2-8H,9-10H2,1H3. The number of benzene rings is 1. The summed E-state index contributed by atoms with van der Waals surface area (Å²) in [6, 6.07) is 14.1. The molecule has 0 amide bonds. The highest BCUT2D eigenvalue weighted by molar-refractivity contribution is 6.16. The first-order valence-corrected chi connectivity index (χ1v) is 5.96. The maximum atomic E-state index is 5.67. The molecule has 2 aromatic rings. The number of rotatable bonds is 4. The molecule has 0 atom stereocenters. The third-order valence-corrected chi connectivity index (χ3v) is 2.77. The Bertz CT molecular complexity index is 456. The van der Waals surface area contributed by atoms with E-state index >= 15 is 0 Å². The van der Waals surface area contributed by atoms with Crippen molar-refractivity contribution in [3.63, 3.8) is 0 Å². The van der Waals surface area contributed by atoms with E-state index in [1.807, 2.05) is 37.4 Å². The van der Waals surface area contributed by atoms with Crippen molar-refractivity contribution >= 4 is 17.4 Å². The van der Waals surface area contributed by atoms with Gasteiger partial charge in [-0.15, -0.1) is 16.7 Å². The van der Waals surface area contributed by atoms with E-state index in [0.29, 0.717) is 5.88 Å². The molecule has 0 aliphatic carbocycles. The Morgan fingerprint density at radius 1 is 1.06 bits per heavy atom. The van der Waals surface area contributed by atoms with Crippen LogP contribution in [0, 0.1) is 0 Å². The van der Waals surface area contributed by atoms with Crippen molar-refractivity contribution in [3.8, 4) is 0 Å². The molecule has 0 fully saturated rings. The third-order valence-electron chi connectivity index (χ3n) is 2.50. The summed E-state index contributed by atoms with van der Waals surface area (Å²) in [7, 11) is 2.00. The molecule has 1 aromatic carbocycles. The van der Waals surface area contributed by atoms with Crippen LogP contribution in [0.3, 0.4) is 0 Å². The summed E-state index contributed by atoms with van der Waals surface area (Å²) in [5, 5.41) is 8.17. The minimum absolute atomic E-state index is 0.398. The van der Waals surface area contributed by atoms with E-state index in [9.17, 15) is 0 Å². The van der Waals surface area contributed by atoms with Gasteiger partial charge in [0, 0.05) is 13.6 Å². The predicted octanol–water partition coefficient (Wildman–Crippen LogP) is 2.85. The van der Waals surface area contributed by atoms with Gasteiger partial charge in [-0.2, -0.15) is 5.10 Å². The summed E-state index contributed by atoms with van der Waals surface area (Å²) in [6.45, 7) is 0.815. The molecule has 1 heterocycles. The Kier molecular flexibility index (Phi) is 3.94. The van der Waals surface area contributed by atoms with Gasteiger partial charge >= 0.3 is 0 Å². The van der Waals surface area contributed by atoms with Crippen LogP contribution in [0.2, 0.25) is 0 Å². The molecule has 0 saturated carbocycles. The van der Waals surface area contributed by atoms with Gasteiger partial charge in [-0.3, -0.25) is 0 Å². The van der Waals surface area contributed by atoms with Crippen molar-refractivity contribution in [1.82, 2.24) is 10.2 Å². The second-order valence-electron chi connectivity index (χ2n) is 3.86. The van der Waals surface area contributed by atoms with Gasteiger partial charge in [0.15, 0.2) is 5.82 Å². The van der Waals surface area contributed by atoms with Gasteiger partial charge in [0.05, 0.1) is 11.6 Å². The molecule has 2 rings (SSSR count). The van der Waals surface area contributed by atoms with E-state index in [2.05, 4.69) is 27.2 Å². The van der Waals surface area contributed by atoms with Crippen LogP contribution in [-0.2, 0) is 12.4 Å². The minimum atomic E-state index is 0.398. The van der Waals surface area contributed by atoms with Gasteiger partial charge < -0.3 is 4.90 Å². The highest BCUT2D eigenvalue weighted by Crippen LogP contribution is 2.12. The van der Waals surface area contributed by atoms with E-state index < -0.39 is 0 Å². The van der Waals surface area contributed by atoms with E-state index in [1.54, 1.807) is 0 Å². The zero-order valence-electron chi connectivity index (χ0n) is 9.68. The number of anilines is 1. The van der Waals surface area contributed by atoms with E-state index in [-0.39, 0.29) is 0 Å². The van der Waals surface area contributed by atoms with Gasteiger partial charge in [0.25, 0.3) is 0 Å². The molecular formula is C13H14ClN3. The highest BCUT2D eigenvalue weighted by atomic mass is 35.5. The molecule has 17 heavy (non-hydrogen) atoms. The van der Waals surface area contributed by atoms with Crippen LogP contribution in [0.4, 0.5) is 5.82 Å². The van der Waals surface area contributed by atoms with Gasteiger partial charge in [0.2, 0.25) is 0 Å². The Balaban J connectivity index is 2.06. The molecule has 88 valence electrons. The Hall–Kier alpha value is -1.61. The fourth-order valence-corrected chi connectivity index (χ4v) is 1.71. The average molecular weight is 248 g/mol. The normalized spacial score (nSPS) is 10.2. The van der Waals surface area contributed by atoms with Crippen molar-refractivity contribution in [1.29, 1.82) is 0 Å². The molecule has 0 spiro atoms. The van der Waals surface area contributed by atoms with Crippen molar-refractivity contribution in [2.45, 2.75) is 12.4 Å². The number of halogens is 1. The molecule has 0 aliphatic heterocycles. The first kappa shape index (κ1) is 11.9. The summed E-state index contributed by atoms with van der Waals surface area (Å²) in [5.41, 5.74) is 2.04. The third kappa shape index (κ3) is 3.17. The van der Waals surface area contributed by atoms with Gasteiger partial charge in [0.1, 0.15) is 0 Å². The summed E-state index contributed by atoms with van der Waals surface area (Å²) in [5.74, 6) is 1.25. The summed E-state index contributed by atoms with van der Waals surface area (Å²) in [6.07, 6.45) is 0. The fraction of sp³-hybridized carbons (Fsp3) is 0.231. The first-order chi connectivity index (χ1) is 8.29. The molecule has 0 radical (unpaired) electrons. The summed E-state index contributed by atoms with van der Waals surface area (Å²) < 4.78 is 0. The molecular weight excluding hydrogens is 234 g/mol. The minimum Gasteiger partial charge on any atom is -0.354 e. The Morgan fingerprint density at radius 3 is 2.41 bits per heavy atom. The predicted molar refractivity (Wildman–Crippen MR) is 70.1 cm³/mol. The number of aromatic nitrogens is 2. The molecule has 0 aliphatic rings. The number of nitrogens with zero attached hydrogens (tertiary/aromatic N) is 3. The lowest BCUT2D eigenvalue weighted by Gasteiger charge is -2.17. The molecule has 0 bridgehead atoms. The van der Waals surface area contributed by atoms with Crippen LogP contribution in [-0.4, -0.2) is 17.2 Å². The van der Waals surface area contributed by atoms with Gasteiger partial charge in [-0.05, 0) is 17.7 Å². The Morgan fingerprint density at radius 2 is 1.82 bits per heavy atom. The van der Waals surface area contributed by atoms with Gasteiger partial charge in [-0.25, -0.2) is 0 Å². The van der Waals surface area contributed by atoms with E-state index in [1.165, 1.54) is 5.56 Å². The molecule has 0 N–H and O–H groups in total. The molecule has 4 heteroatoms. The van der Waals surface area contributed by atoms with Crippen LogP contribution in [0.15, 0.2) is 42.5 Å². The monoisotopic (exact) mass is 247 g/mol. The van der Waals surface area contributed by atoms with E-state index in [4.69, 9.17) is 11.6 Å². The van der Waals surface area contributed by atoms with Crippen LogP contribution >= 0.6 is 11.6 Å². The summed E-state index contributed by atoms with van der Waals surface area (Å²) >= 11 is 5.67. The van der Waals surface area contributed by atoms with Crippen molar-refractivity contribution < 1.29 is 0 Å². The van der Waals surface area contributed by atoms with Crippen LogP contribution < -0.4 is 4.90 Å². The van der Waals surface area contributed by atoms with Crippen LogP contribution in [0.5, 0.6) is 0 Å². The molecule has 1 aromatic heterocycles. The quantitative estimate of drug-likeness (QED) is 0.778. The lowest BCUT2D eigenvalue weighted by atomic mass is 10.2. The zero-order valence-corrected chi connectivity index (χ0v) is 10.4. The second kappa shape index (κ2) is 5.64. The topological polar surface area (TPSA) is 29.0 Å². The summed E-state index contributed by atoms with van der Waals surface area (Å²) in [4.78, 5) is 2.06. The number of hydrogen-bond donors (Lipinski definition) is 0. The van der Waals surface area contributed by atoms with Crippen molar-refractivity contribution in [2.24, 2.45) is 0 Å². The number of alkyl halides is 1. The van der Waals surface area contributed by atoms with E-state index in [0.717, 1.165) is 18.1 Å². The smallest absolute Gasteiger partial charge is 0.151 e. The molecule has 0 saturated heterocycles. The SMILES string of the molecule is CN(Cc1ccccc1)c1ccc(CCl)nn1. The first-order valence-electron chi connectivity index (χ1n) is 5.43. The fourth-order valence-electron chi connectivity index (χ4n) is 1.57. The highest BCUT2D eigenvalue weighted by Gasteiger charge is 2.04. The zero-order chi connectivity index (χ0) is 12.1. The van der Waals surface area contributed by atoms with Crippen molar-refractivity contribution in [2.75, 3.05) is 11.9 Å². The lowest BCUT2D eigenvalue weighted by molar-refractivity contribution is 0.854. The lowest BCUT2D eigenvalue weighted by Crippen LogP contribution is -2.18. The second-order valence-corrected chi connectivity index (χ2v) is 4.13. The largest absolute Gasteiger partial charge is 0.354 e. The maximum absolute atomic E-state index is 5.67. The molecule has 0 unspecified atom stereocenters.